The van der Waals surface area contributed by atoms with E-state index >= 15 is 0 Å². The Balaban J connectivity index is 1.96. The van der Waals surface area contributed by atoms with E-state index in [2.05, 4.69) is 5.32 Å². The molecule has 23 heavy (non-hydrogen) atoms. The normalized spacial score (nSPS) is 11.0. The average molecular weight is 353 g/mol. The predicted molar refractivity (Wildman–Crippen MR) is 93.3 cm³/mol. The Hall–Kier alpha value is -2.05. The van der Waals surface area contributed by atoms with E-state index in [1.165, 1.54) is 11.4 Å². The number of rotatable bonds is 6. The number of carbonyl (C=O) groups is 1. The van der Waals surface area contributed by atoms with Crippen molar-refractivity contribution >= 4 is 38.9 Å². The Morgan fingerprint density at radius 2 is 1.70 bits per heavy atom. The monoisotopic (exact) mass is 352 g/mol. The molecular weight excluding hydrogens is 336 g/mol. The molecule has 2 aromatic carbocycles. The van der Waals surface area contributed by atoms with Gasteiger partial charge in [-0.05, 0) is 24.3 Å². The number of hydrogen-bond donors (Lipinski definition) is 1. The van der Waals surface area contributed by atoms with Gasteiger partial charge in [-0.25, -0.2) is 8.42 Å². The second-order valence-electron chi connectivity index (χ2n) is 4.90. The molecule has 0 radical (unpaired) electrons. The molecule has 0 bridgehead atoms. The number of nitrogens with one attached hydrogen (secondary N) is 1. The first-order valence-corrected chi connectivity index (χ1v) is 8.95. The quantitative estimate of drug-likeness (QED) is 0.868. The van der Waals surface area contributed by atoms with E-state index in [0.717, 1.165) is 0 Å². The smallest absolute Gasteiger partial charge is 0.235 e. The zero-order valence-corrected chi connectivity index (χ0v) is 14.1. The number of hydrogen-bond acceptors (Lipinski definition) is 3. The first-order chi connectivity index (χ1) is 10.9. The van der Waals surface area contributed by atoms with E-state index < -0.39 is 15.9 Å². The van der Waals surface area contributed by atoms with Gasteiger partial charge in [-0.3, -0.25) is 9.10 Å². The van der Waals surface area contributed by atoms with Crippen LogP contribution in [0.5, 0.6) is 0 Å². The summed E-state index contributed by atoms with van der Waals surface area (Å²) < 4.78 is 25.7. The highest BCUT2D eigenvalue weighted by Crippen LogP contribution is 2.21. The number of benzene rings is 2. The van der Waals surface area contributed by atoms with E-state index in [-0.39, 0.29) is 12.2 Å². The SMILES string of the molecule is CN(c1ccccc1)S(=O)(=O)CCC(=O)Nc1ccccc1Cl. The highest BCUT2D eigenvalue weighted by molar-refractivity contribution is 7.92. The highest BCUT2D eigenvalue weighted by Gasteiger charge is 2.20. The second kappa shape index (κ2) is 7.48. The third-order valence-electron chi connectivity index (χ3n) is 3.27. The molecule has 0 atom stereocenters. The van der Waals surface area contributed by atoms with Crippen molar-refractivity contribution in [2.45, 2.75) is 6.42 Å². The van der Waals surface area contributed by atoms with Gasteiger partial charge in [0.05, 0.1) is 22.2 Å². The summed E-state index contributed by atoms with van der Waals surface area (Å²) in [5, 5.41) is 3.02. The van der Waals surface area contributed by atoms with Gasteiger partial charge in [0.15, 0.2) is 0 Å². The van der Waals surface area contributed by atoms with Crippen LogP contribution in [0.15, 0.2) is 54.6 Å². The molecule has 1 N–H and O–H groups in total. The van der Waals surface area contributed by atoms with Crippen molar-refractivity contribution in [2.75, 3.05) is 22.4 Å². The molecule has 122 valence electrons. The van der Waals surface area contributed by atoms with E-state index in [1.807, 2.05) is 0 Å². The molecule has 0 aliphatic heterocycles. The van der Waals surface area contributed by atoms with Gasteiger partial charge in [0.1, 0.15) is 0 Å². The van der Waals surface area contributed by atoms with Crippen molar-refractivity contribution in [1.82, 2.24) is 0 Å². The standard InChI is InChI=1S/C16H17ClN2O3S/c1-19(13-7-3-2-4-8-13)23(21,22)12-11-16(20)18-15-10-6-5-9-14(15)17/h2-10H,11-12H2,1H3,(H,18,20). The minimum absolute atomic E-state index is 0.148. The van der Waals surface area contributed by atoms with E-state index in [0.29, 0.717) is 16.4 Å². The Bertz CT molecular complexity index is 779. The first-order valence-electron chi connectivity index (χ1n) is 6.96. The number of para-hydroxylation sites is 2. The summed E-state index contributed by atoms with van der Waals surface area (Å²) in [6, 6.07) is 15.5. The molecule has 2 aromatic rings. The molecule has 0 spiro atoms. The minimum Gasteiger partial charge on any atom is -0.325 e. The van der Waals surface area contributed by atoms with Gasteiger partial charge < -0.3 is 5.32 Å². The van der Waals surface area contributed by atoms with Crippen LogP contribution >= 0.6 is 11.6 Å². The van der Waals surface area contributed by atoms with Gasteiger partial charge in [-0.2, -0.15) is 0 Å². The van der Waals surface area contributed by atoms with Crippen LogP contribution in [0.3, 0.4) is 0 Å². The minimum atomic E-state index is -3.57. The Labute approximate surface area is 140 Å². The van der Waals surface area contributed by atoms with Crippen molar-refractivity contribution in [3.63, 3.8) is 0 Å². The van der Waals surface area contributed by atoms with Crippen molar-refractivity contribution in [1.29, 1.82) is 0 Å². The molecule has 0 aliphatic rings. The number of nitrogens with zero attached hydrogens (tertiary/aromatic N) is 1. The molecule has 7 heteroatoms. The highest BCUT2D eigenvalue weighted by atomic mass is 35.5. The maximum atomic E-state index is 12.3. The number of amides is 1. The maximum absolute atomic E-state index is 12.3. The summed E-state index contributed by atoms with van der Waals surface area (Å²) in [5.74, 6) is -0.683. The van der Waals surface area contributed by atoms with Crippen LogP contribution < -0.4 is 9.62 Å². The number of anilines is 2. The Morgan fingerprint density at radius 3 is 2.35 bits per heavy atom. The van der Waals surface area contributed by atoms with Crippen LogP contribution in [0.1, 0.15) is 6.42 Å². The maximum Gasteiger partial charge on any atom is 0.235 e. The van der Waals surface area contributed by atoms with Gasteiger partial charge >= 0.3 is 0 Å². The van der Waals surface area contributed by atoms with Crippen molar-refractivity contribution in [2.24, 2.45) is 0 Å². The molecule has 0 fully saturated rings. The third-order valence-corrected chi connectivity index (χ3v) is 5.37. The van der Waals surface area contributed by atoms with Crippen molar-refractivity contribution in [3.8, 4) is 0 Å². The summed E-state index contributed by atoms with van der Waals surface area (Å²) in [6.07, 6.45) is -0.148. The number of carbonyl (C=O) groups excluding carboxylic acids is 1. The van der Waals surface area contributed by atoms with Crippen molar-refractivity contribution < 1.29 is 13.2 Å². The summed E-state index contributed by atoms with van der Waals surface area (Å²) in [7, 11) is -2.10. The van der Waals surface area contributed by atoms with E-state index in [9.17, 15) is 13.2 Å². The Kier molecular flexibility index (Phi) is 5.63. The second-order valence-corrected chi connectivity index (χ2v) is 7.42. The molecule has 0 aromatic heterocycles. The Morgan fingerprint density at radius 1 is 1.09 bits per heavy atom. The molecule has 0 heterocycles. The van der Waals surface area contributed by atoms with Crippen LogP contribution in [0.25, 0.3) is 0 Å². The van der Waals surface area contributed by atoms with Gasteiger partial charge in [0, 0.05) is 13.5 Å². The van der Waals surface area contributed by atoms with E-state index in [1.54, 1.807) is 54.6 Å². The van der Waals surface area contributed by atoms with Gasteiger partial charge in [0.25, 0.3) is 0 Å². The molecule has 5 nitrogen and oxygen atoms in total. The predicted octanol–water partition coefficient (Wildman–Crippen LogP) is 3.13. The van der Waals surface area contributed by atoms with E-state index in [4.69, 9.17) is 11.6 Å². The molecule has 1 amide bonds. The lowest BCUT2D eigenvalue weighted by Crippen LogP contribution is -2.30. The number of sulfonamides is 1. The van der Waals surface area contributed by atoms with Gasteiger partial charge in [-0.15, -0.1) is 0 Å². The summed E-state index contributed by atoms with van der Waals surface area (Å²) >= 11 is 5.95. The lowest BCUT2D eigenvalue weighted by Gasteiger charge is -2.19. The van der Waals surface area contributed by atoms with Gasteiger partial charge in [-0.1, -0.05) is 41.9 Å². The molecular formula is C16H17ClN2O3S. The fourth-order valence-corrected chi connectivity index (χ4v) is 3.28. The van der Waals surface area contributed by atoms with Crippen LogP contribution in [0, 0.1) is 0 Å². The first kappa shape index (κ1) is 17.3. The fraction of sp³-hybridized carbons (Fsp3) is 0.188. The van der Waals surface area contributed by atoms with Crippen LogP contribution in [-0.4, -0.2) is 27.1 Å². The lowest BCUT2D eigenvalue weighted by atomic mass is 10.3. The molecule has 2 rings (SSSR count). The molecule has 0 saturated heterocycles. The van der Waals surface area contributed by atoms with Crippen LogP contribution in [0.4, 0.5) is 11.4 Å². The third kappa shape index (κ3) is 4.71. The van der Waals surface area contributed by atoms with Crippen LogP contribution in [0.2, 0.25) is 5.02 Å². The summed E-state index contributed by atoms with van der Waals surface area (Å²) in [6.45, 7) is 0. The zero-order chi connectivity index (χ0) is 16.9. The van der Waals surface area contributed by atoms with Crippen LogP contribution in [-0.2, 0) is 14.8 Å². The summed E-state index contributed by atoms with van der Waals surface area (Å²) in [5.41, 5.74) is 1.02. The fourth-order valence-electron chi connectivity index (χ4n) is 1.93. The molecule has 0 aliphatic carbocycles. The van der Waals surface area contributed by atoms with Crippen molar-refractivity contribution in [3.05, 3.63) is 59.6 Å². The average Bonchev–Trinajstić information content (AvgIpc) is 2.55. The zero-order valence-electron chi connectivity index (χ0n) is 12.6. The lowest BCUT2D eigenvalue weighted by molar-refractivity contribution is -0.115. The number of halogens is 1. The molecule has 0 unspecified atom stereocenters. The largest absolute Gasteiger partial charge is 0.325 e. The van der Waals surface area contributed by atoms with Gasteiger partial charge in [0.2, 0.25) is 15.9 Å². The summed E-state index contributed by atoms with van der Waals surface area (Å²) in [4.78, 5) is 11.9. The topological polar surface area (TPSA) is 66.5 Å². The molecule has 0 saturated carbocycles.